The molecule has 2 N–H and O–H groups in total. The minimum absolute atomic E-state index is 0.436. The third-order valence-electron chi connectivity index (χ3n) is 4.04. The summed E-state index contributed by atoms with van der Waals surface area (Å²) in [5.74, 6) is 0.609. The Labute approximate surface area is 117 Å². The van der Waals surface area contributed by atoms with Crippen LogP contribution in [0.2, 0.25) is 0 Å². The number of rotatable bonds is 5. The number of piperazine rings is 1. The summed E-state index contributed by atoms with van der Waals surface area (Å²) < 4.78 is 0. The second-order valence-electron chi connectivity index (χ2n) is 5.77. The van der Waals surface area contributed by atoms with Crippen molar-refractivity contribution in [3.8, 4) is 0 Å². The van der Waals surface area contributed by atoms with Crippen LogP contribution in [-0.2, 0) is 0 Å². The van der Waals surface area contributed by atoms with E-state index in [1.54, 1.807) is 0 Å². The normalized spacial score (nSPS) is 24.1. The van der Waals surface area contributed by atoms with Crippen LogP contribution in [0.25, 0.3) is 0 Å². The average Bonchev–Trinajstić information content (AvgIpc) is 2.41. The fourth-order valence-electron chi connectivity index (χ4n) is 3.13. The molecule has 1 aliphatic heterocycles. The van der Waals surface area contributed by atoms with Crippen molar-refractivity contribution >= 4 is 0 Å². The molecule has 0 aromatic heterocycles. The van der Waals surface area contributed by atoms with Crippen molar-refractivity contribution in [1.82, 2.24) is 15.5 Å². The van der Waals surface area contributed by atoms with Crippen LogP contribution in [0, 0.1) is 5.92 Å². The molecule has 2 rings (SSSR count). The largest absolute Gasteiger partial charge is 0.313 e. The van der Waals surface area contributed by atoms with Crippen LogP contribution in [-0.4, -0.2) is 44.2 Å². The van der Waals surface area contributed by atoms with E-state index in [0.717, 1.165) is 19.6 Å². The van der Waals surface area contributed by atoms with E-state index in [1.165, 1.54) is 12.1 Å². The second kappa shape index (κ2) is 7.04. The van der Waals surface area contributed by atoms with Gasteiger partial charge < -0.3 is 15.5 Å². The summed E-state index contributed by atoms with van der Waals surface area (Å²) in [6.07, 6.45) is 0. The first-order valence-corrected chi connectivity index (χ1v) is 7.38. The Morgan fingerprint density at radius 1 is 1.37 bits per heavy atom. The Bertz CT molecular complexity index is 366. The van der Waals surface area contributed by atoms with Crippen LogP contribution in [0.5, 0.6) is 0 Å². The molecule has 3 nitrogen and oxygen atoms in total. The molecular weight excluding hydrogens is 234 g/mol. The molecule has 1 aromatic rings. The standard InChI is InChI=1S/C16H27N3/c1-13(11-19-10-9-18-14(2)12-19)16(17-3)15-7-5-4-6-8-15/h4-8,13-14,16-18H,9-12H2,1-3H3/t13-,14-,16+/m0/s1. The third-order valence-corrected chi connectivity index (χ3v) is 4.04. The van der Waals surface area contributed by atoms with Crippen molar-refractivity contribution in [2.24, 2.45) is 5.92 Å². The third kappa shape index (κ3) is 4.03. The molecule has 1 aliphatic rings. The topological polar surface area (TPSA) is 27.3 Å². The van der Waals surface area contributed by atoms with Gasteiger partial charge in [-0.3, -0.25) is 0 Å². The number of hydrogen-bond acceptors (Lipinski definition) is 3. The first kappa shape index (κ1) is 14.5. The van der Waals surface area contributed by atoms with Gasteiger partial charge in [0, 0.05) is 38.3 Å². The average molecular weight is 261 g/mol. The van der Waals surface area contributed by atoms with Gasteiger partial charge in [-0.2, -0.15) is 0 Å². The maximum atomic E-state index is 3.50. The molecule has 3 heteroatoms. The first-order valence-electron chi connectivity index (χ1n) is 7.38. The van der Waals surface area contributed by atoms with Gasteiger partial charge in [0.05, 0.1) is 0 Å². The summed E-state index contributed by atoms with van der Waals surface area (Å²) in [5.41, 5.74) is 1.39. The molecule has 0 amide bonds. The first-order chi connectivity index (χ1) is 9.20. The zero-order valence-electron chi connectivity index (χ0n) is 12.4. The van der Waals surface area contributed by atoms with Crippen LogP contribution in [0.1, 0.15) is 25.5 Å². The molecule has 0 radical (unpaired) electrons. The predicted molar refractivity (Wildman–Crippen MR) is 81.3 cm³/mol. The monoisotopic (exact) mass is 261 g/mol. The Balaban J connectivity index is 1.95. The number of benzene rings is 1. The molecule has 1 aromatic carbocycles. The predicted octanol–water partition coefficient (Wildman–Crippen LogP) is 1.88. The van der Waals surface area contributed by atoms with Crippen molar-refractivity contribution in [2.75, 3.05) is 33.2 Å². The van der Waals surface area contributed by atoms with E-state index in [0.29, 0.717) is 18.0 Å². The number of nitrogens with zero attached hydrogens (tertiary/aromatic N) is 1. The molecular formula is C16H27N3. The lowest BCUT2D eigenvalue weighted by molar-refractivity contribution is 0.169. The van der Waals surface area contributed by atoms with Crippen molar-refractivity contribution in [1.29, 1.82) is 0 Å². The minimum Gasteiger partial charge on any atom is -0.313 e. The molecule has 0 aliphatic carbocycles. The van der Waals surface area contributed by atoms with Crippen LogP contribution in [0.3, 0.4) is 0 Å². The lowest BCUT2D eigenvalue weighted by Crippen LogP contribution is -2.50. The highest BCUT2D eigenvalue weighted by molar-refractivity contribution is 5.19. The van der Waals surface area contributed by atoms with Gasteiger partial charge in [0.2, 0.25) is 0 Å². The van der Waals surface area contributed by atoms with Gasteiger partial charge >= 0.3 is 0 Å². The number of nitrogens with one attached hydrogen (secondary N) is 2. The Hall–Kier alpha value is -0.900. The molecule has 0 saturated carbocycles. The van der Waals surface area contributed by atoms with Gasteiger partial charge in [-0.15, -0.1) is 0 Å². The highest BCUT2D eigenvalue weighted by atomic mass is 15.2. The van der Waals surface area contributed by atoms with Crippen molar-refractivity contribution in [2.45, 2.75) is 25.9 Å². The maximum absolute atomic E-state index is 3.50. The molecule has 0 unspecified atom stereocenters. The van der Waals surface area contributed by atoms with E-state index < -0.39 is 0 Å². The van der Waals surface area contributed by atoms with Crippen molar-refractivity contribution in [3.05, 3.63) is 35.9 Å². The van der Waals surface area contributed by atoms with Crippen LogP contribution < -0.4 is 10.6 Å². The fraction of sp³-hybridized carbons (Fsp3) is 0.625. The summed E-state index contributed by atoms with van der Waals surface area (Å²) >= 11 is 0. The van der Waals surface area contributed by atoms with Crippen LogP contribution in [0.15, 0.2) is 30.3 Å². The van der Waals surface area contributed by atoms with Crippen LogP contribution >= 0.6 is 0 Å². The minimum atomic E-state index is 0.436. The number of hydrogen-bond donors (Lipinski definition) is 2. The van der Waals surface area contributed by atoms with Gasteiger partial charge in [-0.1, -0.05) is 37.3 Å². The Morgan fingerprint density at radius 2 is 2.11 bits per heavy atom. The summed E-state index contributed by atoms with van der Waals surface area (Å²) in [6, 6.07) is 11.8. The van der Waals surface area contributed by atoms with Crippen molar-refractivity contribution in [3.63, 3.8) is 0 Å². The van der Waals surface area contributed by atoms with E-state index >= 15 is 0 Å². The molecule has 1 saturated heterocycles. The summed E-state index contributed by atoms with van der Waals surface area (Å²) in [5, 5.41) is 6.98. The van der Waals surface area contributed by atoms with Crippen molar-refractivity contribution < 1.29 is 0 Å². The summed E-state index contributed by atoms with van der Waals surface area (Å²) in [4.78, 5) is 2.58. The molecule has 1 heterocycles. The Morgan fingerprint density at radius 3 is 2.74 bits per heavy atom. The summed E-state index contributed by atoms with van der Waals surface area (Å²) in [6.45, 7) is 9.22. The molecule has 19 heavy (non-hydrogen) atoms. The smallest absolute Gasteiger partial charge is 0.0355 e. The molecule has 0 bridgehead atoms. The second-order valence-corrected chi connectivity index (χ2v) is 5.77. The highest BCUT2D eigenvalue weighted by Crippen LogP contribution is 2.22. The molecule has 106 valence electrons. The lowest BCUT2D eigenvalue weighted by atomic mass is 9.94. The Kier molecular flexibility index (Phi) is 5.37. The van der Waals surface area contributed by atoms with Gasteiger partial charge in [-0.25, -0.2) is 0 Å². The van der Waals surface area contributed by atoms with Crippen LogP contribution in [0.4, 0.5) is 0 Å². The van der Waals surface area contributed by atoms with E-state index in [-0.39, 0.29) is 0 Å². The zero-order valence-corrected chi connectivity index (χ0v) is 12.4. The fourth-order valence-corrected chi connectivity index (χ4v) is 3.13. The summed E-state index contributed by atoms with van der Waals surface area (Å²) in [7, 11) is 2.06. The van der Waals surface area contributed by atoms with E-state index in [2.05, 4.69) is 66.8 Å². The zero-order chi connectivity index (χ0) is 13.7. The van der Waals surface area contributed by atoms with E-state index in [4.69, 9.17) is 0 Å². The molecule has 1 fully saturated rings. The van der Waals surface area contributed by atoms with E-state index in [1.807, 2.05) is 0 Å². The van der Waals surface area contributed by atoms with Gasteiger partial charge in [-0.05, 0) is 25.5 Å². The highest BCUT2D eigenvalue weighted by Gasteiger charge is 2.22. The lowest BCUT2D eigenvalue weighted by Gasteiger charge is -2.35. The molecule has 3 atom stereocenters. The van der Waals surface area contributed by atoms with Gasteiger partial charge in [0.25, 0.3) is 0 Å². The van der Waals surface area contributed by atoms with Gasteiger partial charge in [0.15, 0.2) is 0 Å². The molecule has 0 spiro atoms. The van der Waals surface area contributed by atoms with E-state index in [9.17, 15) is 0 Å². The SMILES string of the molecule is CN[C@@H](c1ccccc1)[C@@H](C)CN1CCN[C@@H](C)C1. The quantitative estimate of drug-likeness (QED) is 0.847. The van der Waals surface area contributed by atoms with Gasteiger partial charge in [0.1, 0.15) is 0 Å². The maximum Gasteiger partial charge on any atom is 0.0355 e.